The van der Waals surface area contributed by atoms with Crippen molar-refractivity contribution in [2.24, 2.45) is 0 Å². The van der Waals surface area contributed by atoms with Crippen molar-refractivity contribution in [3.63, 3.8) is 0 Å². The molecule has 44 heavy (non-hydrogen) atoms. The largest absolute Gasteiger partial charge is 0.0651 e. The van der Waals surface area contributed by atoms with Gasteiger partial charge in [0.15, 0.2) is 0 Å². The zero-order valence-corrected chi connectivity index (χ0v) is 28.9. The minimum atomic E-state index is -0.763. The molecular formula is C42H48P2. The van der Waals surface area contributed by atoms with E-state index in [0.717, 1.165) is 51.4 Å². The maximum atomic E-state index is 2.48. The Morgan fingerprint density at radius 1 is 0.295 bits per heavy atom. The van der Waals surface area contributed by atoms with E-state index in [-0.39, 0.29) is 0 Å². The van der Waals surface area contributed by atoms with Crippen LogP contribution >= 0.6 is 15.8 Å². The minimum Gasteiger partial charge on any atom is -0.0651 e. The van der Waals surface area contributed by atoms with Gasteiger partial charge in [-0.1, -0.05) is 175 Å². The maximum absolute atomic E-state index is 2.48. The lowest BCUT2D eigenvalue weighted by Gasteiger charge is -2.31. The van der Waals surface area contributed by atoms with E-state index in [2.05, 4.69) is 149 Å². The van der Waals surface area contributed by atoms with Crippen LogP contribution in [0.3, 0.4) is 0 Å². The van der Waals surface area contributed by atoms with Crippen LogP contribution in [0.5, 0.6) is 0 Å². The van der Waals surface area contributed by atoms with Gasteiger partial charge in [0.05, 0.1) is 0 Å². The molecule has 0 saturated heterocycles. The molecule has 0 bridgehead atoms. The van der Waals surface area contributed by atoms with Gasteiger partial charge in [0.25, 0.3) is 0 Å². The predicted molar refractivity (Wildman–Crippen MR) is 200 cm³/mol. The van der Waals surface area contributed by atoms with Gasteiger partial charge in [-0.05, 0) is 95.6 Å². The molecule has 0 aromatic heterocycles. The molecule has 0 radical (unpaired) electrons. The fraction of sp³-hybridized carbons (Fsp3) is 0.286. The molecule has 0 saturated carbocycles. The summed E-state index contributed by atoms with van der Waals surface area (Å²) in [5.41, 5.74) is 6.02. The van der Waals surface area contributed by atoms with Crippen molar-refractivity contribution >= 4 is 47.7 Å². The average molecular weight is 615 g/mol. The van der Waals surface area contributed by atoms with E-state index < -0.39 is 15.8 Å². The second kappa shape index (κ2) is 16.3. The highest BCUT2D eigenvalue weighted by Gasteiger charge is 2.29. The van der Waals surface area contributed by atoms with Gasteiger partial charge in [0.2, 0.25) is 0 Å². The Labute approximate surface area is 269 Å². The van der Waals surface area contributed by atoms with Crippen molar-refractivity contribution < 1.29 is 0 Å². The van der Waals surface area contributed by atoms with Crippen LogP contribution in [0, 0.1) is 0 Å². The zero-order chi connectivity index (χ0) is 30.7. The quantitative estimate of drug-likeness (QED) is 0.110. The smallest absolute Gasteiger partial charge is 0.00674 e. The summed E-state index contributed by atoms with van der Waals surface area (Å²) in [6.45, 7) is 9.25. The van der Waals surface area contributed by atoms with Crippen LogP contribution in [0.25, 0.3) is 0 Å². The topological polar surface area (TPSA) is 0 Å². The monoisotopic (exact) mass is 614 g/mol. The molecule has 0 amide bonds. The first-order valence-corrected chi connectivity index (χ1v) is 19.4. The molecule has 0 unspecified atom stereocenters. The lowest BCUT2D eigenvalue weighted by Crippen LogP contribution is -2.37. The maximum Gasteiger partial charge on any atom is -0.00674 e. The normalized spacial score (nSPS) is 11.4. The molecule has 5 aromatic carbocycles. The van der Waals surface area contributed by atoms with E-state index in [0.29, 0.717) is 0 Å². The molecule has 226 valence electrons. The Kier molecular flexibility index (Phi) is 12.0. The van der Waals surface area contributed by atoms with Crippen molar-refractivity contribution in [3.05, 3.63) is 144 Å². The third-order valence-corrected chi connectivity index (χ3v) is 14.0. The van der Waals surface area contributed by atoms with Crippen molar-refractivity contribution in [3.8, 4) is 0 Å². The van der Waals surface area contributed by atoms with Crippen LogP contribution in [0.4, 0.5) is 0 Å². The Balaban J connectivity index is 1.85. The zero-order valence-electron chi connectivity index (χ0n) is 27.1. The number of benzene rings is 5. The van der Waals surface area contributed by atoms with Crippen molar-refractivity contribution in [1.29, 1.82) is 0 Å². The molecule has 5 rings (SSSR count). The van der Waals surface area contributed by atoms with Crippen LogP contribution in [0.15, 0.2) is 121 Å². The molecule has 0 atom stereocenters. The number of rotatable bonds is 14. The summed E-state index contributed by atoms with van der Waals surface area (Å²) in [4.78, 5) is 0. The van der Waals surface area contributed by atoms with Gasteiger partial charge < -0.3 is 0 Å². The Hall–Kier alpha value is -3.04. The van der Waals surface area contributed by atoms with Gasteiger partial charge >= 0.3 is 0 Å². The van der Waals surface area contributed by atoms with Gasteiger partial charge in [0, 0.05) is 0 Å². The first-order valence-electron chi connectivity index (χ1n) is 16.7. The van der Waals surface area contributed by atoms with E-state index in [9.17, 15) is 0 Å². The minimum absolute atomic E-state index is 0.763. The summed E-state index contributed by atoms with van der Waals surface area (Å²) in [6.07, 6.45) is 9.06. The highest BCUT2D eigenvalue weighted by Crippen LogP contribution is 2.42. The van der Waals surface area contributed by atoms with Crippen LogP contribution < -0.4 is 31.8 Å². The molecular weight excluding hydrogens is 566 g/mol. The van der Waals surface area contributed by atoms with Gasteiger partial charge in [0.1, 0.15) is 0 Å². The summed E-state index contributed by atoms with van der Waals surface area (Å²) >= 11 is 0. The van der Waals surface area contributed by atoms with E-state index in [1.807, 2.05) is 0 Å². The van der Waals surface area contributed by atoms with Crippen LogP contribution in [-0.4, -0.2) is 0 Å². The Bertz CT molecular complexity index is 1410. The highest BCUT2D eigenvalue weighted by atomic mass is 31.1. The first kappa shape index (κ1) is 32.4. The van der Waals surface area contributed by atoms with Gasteiger partial charge in [-0.15, -0.1) is 0 Å². The second-order valence-corrected chi connectivity index (χ2v) is 15.9. The summed E-state index contributed by atoms with van der Waals surface area (Å²) in [5, 5.41) is 9.16. The summed E-state index contributed by atoms with van der Waals surface area (Å²) < 4.78 is 0. The third-order valence-electron chi connectivity index (χ3n) is 8.37. The van der Waals surface area contributed by atoms with E-state index in [1.54, 1.807) is 0 Å². The standard InChI is InChI=1S/C42H48P2/c1-5-19-33-23-9-13-27-37(33)43(38-28-14-10-24-34(38)20-6-2)41-31-17-18-32-42(41)44(39-29-15-11-25-35(39)21-7-3)40-30-16-12-26-36(40)22-8-4/h9-18,23-32H,5-8,19-22H2,1-4H3. The van der Waals surface area contributed by atoms with Gasteiger partial charge in [-0.2, -0.15) is 0 Å². The molecule has 0 aliphatic rings. The first-order chi connectivity index (χ1) is 21.7. The fourth-order valence-corrected chi connectivity index (χ4v) is 12.5. The number of hydrogen-bond donors (Lipinski definition) is 0. The fourth-order valence-electron chi connectivity index (χ4n) is 6.46. The van der Waals surface area contributed by atoms with Crippen molar-refractivity contribution in [2.45, 2.75) is 79.1 Å². The second-order valence-electron chi connectivity index (χ2n) is 11.7. The van der Waals surface area contributed by atoms with Crippen molar-refractivity contribution in [1.82, 2.24) is 0 Å². The van der Waals surface area contributed by atoms with Gasteiger partial charge in [-0.3, -0.25) is 0 Å². The Morgan fingerprint density at radius 2 is 0.500 bits per heavy atom. The molecule has 0 aliphatic carbocycles. The summed E-state index contributed by atoms with van der Waals surface area (Å²) in [7, 11) is -1.53. The molecule has 0 fully saturated rings. The summed E-state index contributed by atoms with van der Waals surface area (Å²) in [5.74, 6) is 0. The highest BCUT2D eigenvalue weighted by molar-refractivity contribution is 7.85. The van der Waals surface area contributed by atoms with Gasteiger partial charge in [-0.25, -0.2) is 0 Å². The molecule has 0 aliphatic heterocycles. The SMILES string of the molecule is CCCc1ccccc1P(c1ccccc1CCC)c1ccccc1P(c1ccccc1CCC)c1ccccc1CCC. The van der Waals surface area contributed by atoms with Crippen LogP contribution in [0.2, 0.25) is 0 Å². The number of aryl methyl sites for hydroxylation is 4. The molecule has 0 N–H and O–H groups in total. The van der Waals surface area contributed by atoms with Crippen LogP contribution in [0.1, 0.15) is 75.6 Å². The molecule has 2 heteroatoms. The van der Waals surface area contributed by atoms with E-state index in [1.165, 1.54) is 54.1 Å². The Morgan fingerprint density at radius 3 is 0.727 bits per heavy atom. The lowest BCUT2D eigenvalue weighted by atomic mass is 10.1. The number of hydrogen-bond acceptors (Lipinski definition) is 0. The molecule has 0 nitrogen and oxygen atoms in total. The molecule has 5 aromatic rings. The van der Waals surface area contributed by atoms with Crippen molar-refractivity contribution in [2.75, 3.05) is 0 Å². The summed E-state index contributed by atoms with van der Waals surface area (Å²) in [6, 6.07) is 46.9. The van der Waals surface area contributed by atoms with Crippen LogP contribution in [-0.2, 0) is 25.7 Å². The molecule has 0 heterocycles. The predicted octanol–water partition coefficient (Wildman–Crippen LogP) is 9.01. The average Bonchev–Trinajstić information content (AvgIpc) is 3.06. The lowest BCUT2D eigenvalue weighted by molar-refractivity contribution is 0.926. The van der Waals surface area contributed by atoms with E-state index in [4.69, 9.17) is 0 Å². The molecule has 0 spiro atoms. The van der Waals surface area contributed by atoms with E-state index >= 15 is 0 Å². The third kappa shape index (κ3) is 7.26.